The molecule has 1 aliphatic rings. The predicted molar refractivity (Wildman–Crippen MR) is 114 cm³/mol. The Morgan fingerprint density at radius 2 is 1.62 bits per heavy atom. The summed E-state index contributed by atoms with van der Waals surface area (Å²) in [6.45, 7) is 2.07. The van der Waals surface area contributed by atoms with Gasteiger partial charge in [-0.25, -0.2) is 0 Å². The van der Waals surface area contributed by atoms with E-state index in [2.05, 4.69) is 36.4 Å². The molecule has 0 bridgehead atoms. The van der Waals surface area contributed by atoms with Crippen molar-refractivity contribution in [2.75, 3.05) is 6.61 Å². The Morgan fingerprint density at radius 3 is 2.07 bits per heavy atom. The summed E-state index contributed by atoms with van der Waals surface area (Å²) in [4.78, 5) is 13.4. The normalized spacial score (nSPS) is 23.3. The third kappa shape index (κ3) is 4.75. The van der Waals surface area contributed by atoms with Crippen LogP contribution < -0.4 is 8.92 Å². The zero-order valence-corrected chi connectivity index (χ0v) is 19.6. The minimum absolute atomic E-state index is 0.00523. The van der Waals surface area contributed by atoms with Crippen molar-refractivity contribution in [2.45, 2.75) is 23.5 Å². The molecule has 0 amide bonds. The molecule has 1 fully saturated rings. The summed E-state index contributed by atoms with van der Waals surface area (Å²) in [5, 5.41) is 19.5. The quantitative estimate of drug-likeness (QED) is 0.419. The summed E-state index contributed by atoms with van der Waals surface area (Å²) in [6, 6.07) is 25.1. The van der Waals surface area contributed by atoms with Crippen molar-refractivity contribution in [2.24, 2.45) is 17.3 Å². The Bertz CT molecular complexity index is 866. The fourth-order valence-electron chi connectivity index (χ4n) is 3.72. The van der Waals surface area contributed by atoms with Crippen LogP contribution >= 0.6 is 0 Å². The van der Waals surface area contributed by atoms with E-state index in [1.54, 1.807) is 6.92 Å². The molecule has 1 aliphatic carbocycles. The summed E-state index contributed by atoms with van der Waals surface area (Å²) < 4.78 is 7.92. The molecule has 148 valence electrons. The molecular weight excluding hydrogens is 494 g/mol. The molecule has 1 saturated carbocycles. The van der Waals surface area contributed by atoms with Crippen LogP contribution in [0.25, 0.3) is 0 Å². The van der Waals surface area contributed by atoms with Crippen LogP contribution in [-0.4, -0.2) is 42.5 Å². The van der Waals surface area contributed by atoms with Gasteiger partial charge in [0.05, 0.1) is 0 Å². The van der Waals surface area contributed by atoms with Crippen LogP contribution in [0.15, 0.2) is 60.7 Å². The number of hydrogen-bond donors (Lipinski definition) is 0. The van der Waals surface area contributed by atoms with E-state index in [9.17, 15) is 15.3 Å². The maximum atomic E-state index is 13.4. The first-order valence-corrected chi connectivity index (χ1v) is 13.2. The Labute approximate surface area is 184 Å². The molecule has 0 aromatic heterocycles. The number of hydrogen-bond acceptors (Lipinski definition) is 4. The van der Waals surface area contributed by atoms with Crippen molar-refractivity contribution in [1.29, 1.82) is 10.5 Å². The van der Waals surface area contributed by atoms with E-state index >= 15 is 0 Å². The topological polar surface area (TPSA) is 73.9 Å². The van der Waals surface area contributed by atoms with Crippen LogP contribution in [0.4, 0.5) is 0 Å². The van der Waals surface area contributed by atoms with Gasteiger partial charge in [-0.2, -0.15) is 0 Å². The molecule has 0 N–H and O–H groups in total. The average molecular weight is 516 g/mol. The van der Waals surface area contributed by atoms with E-state index < -0.39 is 11.3 Å². The molecule has 0 heterocycles. The molecule has 3 atom stereocenters. The first kappa shape index (κ1) is 21.6. The molecule has 0 spiro atoms. The van der Waals surface area contributed by atoms with Crippen LogP contribution in [0.1, 0.15) is 19.8 Å². The van der Waals surface area contributed by atoms with Gasteiger partial charge in [0.1, 0.15) is 0 Å². The van der Waals surface area contributed by atoms with Crippen molar-refractivity contribution < 1.29 is 9.53 Å². The molecule has 4 nitrogen and oxygen atoms in total. The zero-order valence-electron chi connectivity index (χ0n) is 16.2. The van der Waals surface area contributed by atoms with E-state index in [1.807, 2.05) is 36.4 Å². The molecule has 0 radical (unpaired) electrons. The van der Waals surface area contributed by atoms with Gasteiger partial charge in [0.15, 0.2) is 0 Å². The van der Waals surface area contributed by atoms with E-state index in [1.165, 1.54) is 8.92 Å². The number of nitrogens with zero attached hydrogens (tertiary/aromatic N) is 2. The summed E-state index contributed by atoms with van der Waals surface area (Å²) in [5.74, 6) is -1.08. The van der Waals surface area contributed by atoms with Crippen LogP contribution in [0.3, 0.4) is 0 Å². The third-order valence-corrected chi connectivity index (χ3v) is 12.2. The van der Waals surface area contributed by atoms with Crippen LogP contribution in [-0.2, 0) is 9.53 Å². The number of rotatable bonds is 7. The van der Waals surface area contributed by atoms with Gasteiger partial charge in [-0.1, -0.05) is 0 Å². The van der Waals surface area contributed by atoms with Crippen LogP contribution in [0.2, 0.25) is 3.71 Å². The van der Waals surface area contributed by atoms with Crippen molar-refractivity contribution in [3.63, 3.8) is 0 Å². The minimum atomic E-state index is -0.920. The number of nitriles is 2. The van der Waals surface area contributed by atoms with E-state index in [4.69, 9.17) is 4.74 Å². The Balaban J connectivity index is 2.07. The Kier molecular flexibility index (Phi) is 7.54. The maximum absolute atomic E-state index is 13.4. The fraction of sp³-hybridized carbons (Fsp3) is 0.348. The molecule has 29 heavy (non-hydrogen) atoms. The van der Waals surface area contributed by atoms with Crippen molar-refractivity contribution >= 4 is 44.8 Å². The average Bonchev–Trinajstić information content (AvgIpc) is 3.15. The van der Waals surface area contributed by atoms with E-state index in [-0.39, 0.29) is 52.1 Å². The molecule has 0 aliphatic heterocycles. The third-order valence-electron chi connectivity index (χ3n) is 5.11. The van der Waals surface area contributed by atoms with Crippen LogP contribution in [0, 0.1) is 39.9 Å². The molecule has 3 rings (SSSR count). The number of ether oxygens (including phenoxy) is 1. The SMILES string of the molecule is CCOC(=O)[C@]1(C([Se]c2ccccc2)[Se]c2ccccc2)C[C@H](C#N)C[C@@H]1C#N. The molecular formula is C23H22N2O2Se2. The second kappa shape index (κ2) is 10.1. The van der Waals surface area contributed by atoms with Gasteiger partial charge in [-0.15, -0.1) is 0 Å². The van der Waals surface area contributed by atoms with Gasteiger partial charge in [0.2, 0.25) is 0 Å². The summed E-state index contributed by atoms with van der Waals surface area (Å²) in [5.41, 5.74) is -0.920. The number of carbonyl (C=O) groups is 1. The van der Waals surface area contributed by atoms with Crippen molar-refractivity contribution in [3.05, 3.63) is 60.7 Å². The van der Waals surface area contributed by atoms with Gasteiger partial charge in [-0.3, -0.25) is 0 Å². The first-order chi connectivity index (χ1) is 14.1. The monoisotopic (exact) mass is 518 g/mol. The van der Waals surface area contributed by atoms with Crippen molar-refractivity contribution in [3.8, 4) is 12.1 Å². The standard InChI is InChI=1S/C23H22N2O2Se2/c1-2-27-21(26)23(14-17(15-24)13-18(23)16-25)22(28-19-9-5-3-6-10-19)29-20-11-7-4-8-12-20/h3-12,17-18,22H,2,13-14H2,1H3/t17-,18-,23+/m1/s1. The fourth-order valence-corrected chi connectivity index (χ4v) is 11.5. The number of esters is 1. The van der Waals surface area contributed by atoms with Gasteiger partial charge >= 0.3 is 185 Å². The van der Waals surface area contributed by atoms with E-state index in [0.717, 1.165) is 0 Å². The van der Waals surface area contributed by atoms with Gasteiger partial charge < -0.3 is 0 Å². The first-order valence-electron chi connectivity index (χ1n) is 9.54. The zero-order chi connectivity index (χ0) is 20.7. The van der Waals surface area contributed by atoms with Crippen LogP contribution in [0.5, 0.6) is 0 Å². The number of carbonyl (C=O) groups excluding carboxylic acids is 1. The van der Waals surface area contributed by atoms with Gasteiger partial charge in [0.25, 0.3) is 0 Å². The summed E-state index contributed by atoms with van der Waals surface area (Å²) in [7, 11) is 0. The van der Waals surface area contributed by atoms with E-state index in [0.29, 0.717) is 12.8 Å². The summed E-state index contributed by atoms with van der Waals surface area (Å²) >= 11 is -0.0490. The predicted octanol–water partition coefficient (Wildman–Crippen LogP) is 2.41. The Hall–Kier alpha value is -2.07. The molecule has 0 unspecified atom stereocenters. The molecule has 0 saturated heterocycles. The Morgan fingerprint density at radius 1 is 1.07 bits per heavy atom. The van der Waals surface area contributed by atoms with Gasteiger partial charge in [0, 0.05) is 0 Å². The molecule has 2 aromatic carbocycles. The second-order valence-corrected chi connectivity index (χ2v) is 13.4. The molecule has 6 heteroatoms. The van der Waals surface area contributed by atoms with Crippen molar-refractivity contribution in [1.82, 2.24) is 0 Å². The second-order valence-electron chi connectivity index (χ2n) is 6.90. The number of benzene rings is 2. The summed E-state index contributed by atoms with van der Waals surface area (Å²) in [6.07, 6.45) is 0.854. The van der Waals surface area contributed by atoms with Gasteiger partial charge in [-0.05, 0) is 0 Å². The molecule has 2 aromatic rings.